The molecule has 6 nitrogen and oxygen atoms in total. The summed E-state index contributed by atoms with van der Waals surface area (Å²) in [6, 6.07) is 17.4. The molecule has 7 heteroatoms. The Morgan fingerprint density at radius 3 is 2.21 bits per heavy atom. The minimum atomic E-state index is -4.27. The van der Waals surface area contributed by atoms with E-state index in [1.165, 1.54) is 16.8 Å². The molecule has 24 heavy (non-hydrogen) atoms. The van der Waals surface area contributed by atoms with Gasteiger partial charge in [-0.05, 0) is 30.5 Å². The number of nitrogens with zero attached hydrogens (tertiary/aromatic N) is 2. The molecule has 0 amide bonds. The van der Waals surface area contributed by atoms with Crippen molar-refractivity contribution in [2.24, 2.45) is 0 Å². The second-order valence-corrected chi connectivity index (χ2v) is 6.45. The van der Waals surface area contributed by atoms with Crippen molar-refractivity contribution in [1.82, 2.24) is 0 Å². The fourth-order valence-electron chi connectivity index (χ4n) is 2.00. The molecule has 3 rings (SSSR count). The number of nitriles is 1. The number of nitrogens with two attached hydrogens (primary N) is 1. The average Bonchev–Trinajstić information content (AvgIpc) is 2.54. The highest BCUT2D eigenvalue weighted by atomic mass is 32.2. The predicted octanol–water partition coefficient (Wildman–Crippen LogP) is 1.61. The summed E-state index contributed by atoms with van der Waals surface area (Å²) in [5, 5.41) is 10.8. The number of nitrogen functional groups attached to an aromatic ring is 1. The van der Waals surface area contributed by atoms with Crippen molar-refractivity contribution < 1.29 is 17.6 Å². The monoisotopic (exact) mass is 341 g/mol. The molecule has 1 aromatic heterocycles. The van der Waals surface area contributed by atoms with Gasteiger partial charge >= 0.3 is 5.69 Å². The van der Waals surface area contributed by atoms with E-state index >= 15 is 0 Å². The number of rotatable bonds is 1. The molecule has 3 aromatic rings. The van der Waals surface area contributed by atoms with Gasteiger partial charge in [-0.1, -0.05) is 40.6 Å². The molecule has 2 aromatic carbocycles. The molecule has 0 radical (unpaired) electrons. The lowest BCUT2D eigenvalue weighted by Crippen LogP contribution is -2.47. The predicted molar refractivity (Wildman–Crippen MR) is 88.2 cm³/mol. The maximum Gasteiger partial charge on any atom is 0.312 e. The Morgan fingerprint density at radius 1 is 1.08 bits per heavy atom. The summed E-state index contributed by atoms with van der Waals surface area (Å²) in [6.07, 6.45) is 1.74. The number of pyridine rings is 1. The molecule has 0 saturated carbocycles. The Balaban J connectivity index is 0.000000177. The van der Waals surface area contributed by atoms with Crippen LogP contribution in [0.4, 0.5) is 0 Å². The van der Waals surface area contributed by atoms with Crippen LogP contribution in [-0.4, -0.2) is 13.0 Å². The molecule has 2 N–H and O–H groups in total. The summed E-state index contributed by atoms with van der Waals surface area (Å²) < 4.78 is 32.5. The molecular weight excluding hydrogens is 326 g/mol. The molecule has 122 valence electrons. The third kappa shape index (κ3) is 4.29. The summed E-state index contributed by atoms with van der Waals surface area (Å²) in [5.74, 6) is 5.59. The van der Waals surface area contributed by atoms with Crippen LogP contribution >= 0.6 is 0 Å². The Labute approximate surface area is 140 Å². The van der Waals surface area contributed by atoms with E-state index in [0.29, 0.717) is 5.69 Å². The first-order valence-corrected chi connectivity index (χ1v) is 8.34. The maximum absolute atomic E-state index is 10.4. The molecule has 0 atom stereocenters. The van der Waals surface area contributed by atoms with Crippen LogP contribution in [0.5, 0.6) is 0 Å². The zero-order valence-corrected chi connectivity index (χ0v) is 13.7. The van der Waals surface area contributed by atoms with Crippen LogP contribution in [0.3, 0.4) is 0 Å². The zero-order chi connectivity index (χ0) is 17.7. The molecule has 0 aliphatic rings. The topological polar surface area (TPSA) is 111 Å². The van der Waals surface area contributed by atoms with Crippen molar-refractivity contribution in [2.45, 2.75) is 11.8 Å². The summed E-state index contributed by atoms with van der Waals surface area (Å²) in [6.45, 7) is 1.82. The quantitative estimate of drug-likeness (QED) is 0.411. The van der Waals surface area contributed by atoms with E-state index in [4.69, 9.17) is 11.1 Å². The van der Waals surface area contributed by atoms with Crippen LogP contribution in [0, 0.1) is 18.3 Å². The van der Waals surface area contributed by atoms with Crippen molar-refractivity contribution in [3.63, 3.8) is 0 Å². The summed E-state index contributed by atoms with van der Waals surface area (Å²) in [7, 11) is -4.27. The van der Waals surface area contributed by atoms with Gasteiger partial charge in [-0.15, -0.1) is 0 Å². The van der Waals surface area contributed by atoms with Gasteiger partial charge in [-0.25, -0.2) is 14.3 Å². The van der Waals surface area contributed by atoms with Crippen LogP contribution in [-0.2, 0) is 10.1 Å². The van der Waals surface area contributed by atoms with E-state index in [-0.39, 0.29) is 4.90 Å². The minimum absolute atomic E-state index is 0.178. The zero-order valence-electron chi connectivity index (χ0n) is 12.9. The number of aromatic nitrogens is 1. The molecule has 0 aliphatic carbocycles. The van der Waals surface area contributed by atoms with Gasteiger partial charge < -0.3 is 4.55 Å². The van der Waals surface area contributed by atoms with E-state index in [1.807, 2.05) is 37.3 Å². The Bertz CT molecular complexity index is 1010. The highest BCUT2D eigenvalue weighted by molar-refractivity contribution is 7.85. The molecule has 0 fully saturated rings. The molecular formula is C17H15N3O3S. The van der Waals surface area contributed by atoms with Crippen LogP contribution in [0.2, 0.25) is 0 Å². The summed E-state index contributed by atoms with van der Waals surface area (Å²) >= 11 is 0. The van der Waals surface area contributed by atoms with Crippen molar-refractivity contribution in [2.75, 3.05) is 5.84 Å². The van der Waals surface area contributed by atoms with Crippen LogP contribution in [0.25, 0.3) is 10.8 Å². The smallest absolute Gasteiger partial charge is 0.312 e. The van der Waals surface area contributed by atoms with E-state index < -0.39 is 10.1 Å². The van der Waals surface area contributed by atoms with E-state index in [0.717, 1.165) is 16.3 Å². The number of hydrogen-bond donors (Lipinski definition) is 1. The van der Waals surface area contributed by atoms with Gasteiger partial charge in [0.05, 0.1) is 4.90 Å². The molecule has 0 aliphatic heterocycles. The molecule has 0 unspecified atom stereocenters. The first-order chi connectivity index (χ1) is 11.3. The minimum Gasteiger partial charge on any atom is -0.744 e. The molecule has 0 saturated heterocycles. The van der Waals surface area contributed by atoms with Gasteiger partial charge in [0.1, 0.15) is 10.1 Å². The summed E-state index contributed by atoms with van der Waals surface area (Å²) in [5.41, 5.74) is 1.39. The maximum atomic E-state index is 10.4. The van der Waals surface area contributed by atoms with Crippen LogP contribution in [0.15, 0.2) is 65.7 Å². The fraction of sp³-hybridized carbons (Fsp3) is 0.0588. The number of fused-ring (bicyclic) bond motifs is 1. The Morgan fingerprint density at radius 2 is 1.67 bits per heavy atom. The average molecular weight is 341 g/mol. The van der Waals surface area contributed by atoms with E-state index in [1.54, 1.807) is 24.4 Å². The Hall–Kier alpha value is -2.95. The van der Waals surface area contributed by atoms with Gasteiger partial charge in [-0.2, -0.15) is 5.26 Å². The normalized spacial score (nSPS) is 10.5. The van der Waals surface area contributed by atoms with Crippen molar-refractivity contribution in [1.29, 1.82) is 5.26 Å². The lowest BCUT2D eigenvalue weighted by atomic mass is 10.1. The van der Waals surface area contributed by atoms with Crippen LogP contribution in [0.1, 0.15) is 11.3 Å². The van der Waals surface area contributed by atoms with E-state index in [9.17, 15) is 13.0 Å². The molecule has 0 spiro atoms. The third-order valence-electron chi connectivity index (χ3n) is 3.27. The lowest BCUT2D eigenvalue weighted by molar-refractivity contribution is -0.640. The second-order valence-electron chi connectivity index (χ2n) is 5.07. The van der Waals surface area contributed by atoms with Crippen molar-refractivity contribution in [3.05, 3.63) is 72.1 Å². The third-order valence-corrected chi connectivity index (χ3v) is 4.12. The fourth-order valence-corrected chi connectivity index (χ4v) is 2.47. The van der Waals surface area contributed by atoms with Gasteiger partial charge in [0, 0.05) is 11.5 Å². The second kappa shape index (κ2) is 7.08. The highest BCUT2D eigenvalue weighted by Gasteiger charge is 2.07. The first-order valence-electron chi connectivity index (χ1n) is 6.93. The van der Waals surface area contributed by atoms with E-state index in [2.05, 4.69) is 0 Å². The van der Waals surface area contributed by atoms with Gasteiger partial charge in [0.15, 0.2) is 6.07 Å². The van der Waals surface area contributed by atoms with Crippen molar-refractivity contribution in [3.8, 4) is 6.07 Å². The Kier molecular flexibility index (Phi) is 5.14. The number of hydrogen-bond acceptors (Lipinski definition) is 5. The van der Waals surface area contributed by atoms with Gasteiger partial charge in [0.25, 0.3) is 0 Å². The largest absolute Gasteiger partial charge is 0.744 e. The van der Waals surface area contributed by atoms with Crippen molar-refractivity contribution >= 4 is 20.9 Å². The number of aryl methyl sites for hydroxylation is 1. The lowest BCUT2D eigenvalue weighted by Gasteiger charge is -2.05. The SMILES string of the molecule is Cc1ccc(S(=O)(=O)[O-])cc1.N#Cc1cc2ccccc2c[n+]1N. The van der Waals surface area contributed by atoms with Gasteiger partial charge in [-0.3, -0.25) is 0 Å². The van der Waals surface area contributed by atoms with Crippen LogP contribution < -0.4 is 10.5 Å². The summed E-state index contributed by atoms with van der Waals surface area (Å²) in [4.78, 5) is -0.178. The first kappa shape index (κ1) is 17.4. The van der Waals surface area contributed by atoms with Gasteiger partial charge in [0.2, 0.25) is 6.20 Å². The standard InChI is InChI=1S/C10H8N3.C7H8O3S/c11-6-10-5-8-3-1-2-4-9(8)7-13(10)12;1-6-2-4-7(5-3-6)11(8,9)10/h1-5,7H,12H2;2-5H,1H3,(H,8,9,10)/q+1;/p-1. The molecule has 1 heterocycles. The number of benzene rings is 2. The highest BCUT2D eigenvalue weighted by Crippen LogP contribution is 2.11. The molecule has 0 bridgehead atoms.